The van der Waals surface area contributed by atoms with Crippen molar-refractivity contribution in [1.82, 2.24) is 24.6 Å². The maximum absolute atomic E-state index is 14.3. The van der Waals surface area contributed by atoms with Gasteiger partial charge in [0.15, 0.2) is 0 Å². The zero-order chi connectivity index (χ0) is 30.8. The third-order valence-electron chi connectivity index (χ3n) is 8.22. The molecule has 0 radical (unpaired) electrons. The molecule has 2 N–H and O–H groups in total. The van der Waals surface area contributed by atoms with Crippen molar-refractivity contribution in [3.05, 3.63) is 82.5 Å². The zero-order valence-electron chi connectivity index (χ0n) is 22.7. The molecule has 1 aliphatic carbocycles. The first kappa shape index (κ1) is 28.7. The van der Waals surface area contributed by atoms with Gasteiger partial charge in [-0.15, -0.1) is 0 Å². The van der Waals surface area contributed by atoms with Crippen LogP contribution in [0.15, 0.2) is 43.1 Å². The van der Waals surface area contributed by atoms with Crippen LogP contribution in [0.2, 0.25) is 0 Å². The first-order valence-corrected chi connectivity index (χ1v) is 13.6. The van der Waals surface area contributed by atoms with Crippen LogP contribution in [0.5, 0.6) is 0 Å². The highest BCUT2D eigenvalue weighted by Gasteiger charge is 2.43. The molecule has 1 unspecified atom stereocenters. The second-order valence-corrected chi connectivity index (χ2v) is 10.9. The lowest BCUT2D eigenvalue weighted by molar-refractivity contribution is -0.141. The number of nitrogen functional groups attached to an aromatic ring is 1. The van der Waals surface area contributed by atoms with Gasteiger partial charge in [-0.2, -0.15) is 31.4 Å². The van der Waals surface area contributed by atoms with E-state index in [2.05, 4.69) is 16.7 Å². The average molecular weight is 605 g/mol. The Morgan fingerprint density at radius 3 is 2.40 bits per heavy atom. The molecule has 6 rings (SSSR count). The molecule has 1 atom stereocenters. The molecule has 3 aromatic rings. The Bertz CT molecular complexity index is 1640. The highest BCUT2D eigenvalue weighted by molar-refractivity contribution is 5.99. The number of anilines is 1. The van der Waals surface area contributed by atoms with Crippen LogP contribution in [0.25, 0.3) is 5.69 Å². The molecular weight excluding hydrogens is 578 g/mol. The fraction of sp³-hybridized carbons (Fsp3) is 0.379. The number of rotatable bonds is 4. The molecule has 3 aliphatic rings. The lowest BCUT2D eigenvalue weighted by Crippen LogP contribution is -2.46. The van der Waals surface area contributed by atoms with Gasteiger partial charge in [-0.1, -0.05) is 12.6 Å². The fourth-order valence-electron chi connectivity index (χ4n) is 5.96. The molecule has 2 amide bonds. The van der Waals surface area contributed by atoms with Gasteiger partial charge >= 0.3 is 12.4 Å². The number of benzene rings is 1. The van der Waals surface area contributed by atoms with Crippen molar-refractivity contribution in [3.8, 4) is 5.69 Å². The van der Waals surface area contributed by atoms with Crippen LogP contribution >= 0.6 is 0 Å². The molecule has 0 bridgehead atoms. The number of hydrogen-bond acceptors (Lipinski definition) is 5. The third kappa shape index (κ3) is 5.12. The Kier molecular flexibility index (Phi) is 6.77. The van der Waals surface area contributed by atoms with Crippen LogP contribution in [0.3, 0.4) is 0 Å². The predicted molar refractivity (Wildman–Crippen MR) is 142 cm³/mol. The number of carbonyl (C=O) groups excluding carboxylic acids is 2. The van der Waals surface area contributed by atoms with Gasteiger partial charge in [-0.3, -0.25) is 14.6 Å². The number of halogens is 6. The summed E-state index contributed by atoms with van der Waals surface area (Å²) >= 11 is 0. The minimum Gasteiger partial charge on any atom is -0.398 e. The number of aromatic nitrogens is 3. The number of carbonyl (C=O) groups is 2. The van der Waals surface area contributed by atoms with E-state index in [-0.39, 0.29) is 49.6 Å². The van der Waals surface area contributed by atoms with Crippen molar-refractivity contribution in [2.24, 2.45) is 0 Å². The fourth-order valence-corrected chi connectivity index (χ4v) is 5.96. The summed E-state index contributed by atoms with van der Waals surface area (Å²) in [4.78, 5) is 32.6. The van der Waals surface area contributed by atoms with Crippen LogP contribution in [-0.4, -0.2) is 56.0 Å². The Hall–Kier alpha value is -4.36. The summed E-state index contributed by atoms with van der Waals surface area (Å²) in [6.07, 6.45) is -5.54. The maximum atomic E-state index is 14.3. The lowest BCUT2D eigenvalue weighted by Gasteiger charge is -2.38. The lowest BCUT2D eigenvalue weighted by atomic mass is 9.94. The molecule has 1 aromatic carbocycles. The van der Waals surface area contributed by atoms with Crippen molar-refractivity contribution in [2.75, 3.05) is 25.4 Å². The molecular formula is C29H26F6N6O2. The molecule has 1 fully saturated rings. The summed E-state index contributed by atoms with van der Waals surface area (Å²) in [6, 6.07) is 4.01. The third-order valence-corrected chi connectivity index (χ3v) is 8.22. The summed E-state index contributed by atoms with van der Waals surface area (Å²) in [5, 5.41) is 4.60. The number of nitrogens with two attached hydrogens (primary N) is 1. The average Bonchev–Trinajstić information content (AvgIpc) is 3.76. The molecule has 0 saturated heterocycles. The van der Waals surface area contributed by atoms with E-state index < -0.39 is 47.2 Å². The van der Waals surface area contributed by atoms with Crippen LogP contribution in [0.1, 0.15) is 68.9 Å². The minimum atomic E-state index is -4.77. The van der Waals surface area contributed by atoms with E-state index in [1.54, 1.807) is 6.07 Å². The minimum absolute atomic E-state index is 0.0142. The topological polar surface area (TPSA) is 97.4 Å². The van der Waals surface area contributed by atoms with Gasteiger partial charge < -0.3 is 15.5 Å². The second kappa shape index (κ2) is 10.1. The van der Waals surface area contributed by atoms with E-state index in [0.29, 0.717) is 28.6 Å². The largest absolute Gasteiger partial charge is 0.433 e. The van der Waals surface area contributed by atoms with E-state index in [4.69, 9.17) is 5.73 Å². The van der Waals surface area contributed by atoms with Gasteiger partial charge in [-0.05, 0) is 48.6 Å². The summed E-state index contributed by atoms with van der Waals surface area (Å²) < 4.78 is 83.7. The van der Waals surface area contributed by atoms with Crippen LogP contribution in [-0.2, 0) is 30.0 Å². The molecule has 43 heavy (non-hydrogen) atoms. The van der Waals surface area contributed by atoms with Crippen molar-refractivity contribution >= 4 is 17.5 Å². The van der Waals surface area contributed by atoms with Gasteiger partial charge in [0, 0.05) is 49.9 Å². The van der Waals surface area contributed by atoms with Crippen LogP contribution in [0.4, 0.5) is 32.0 Å². The molecule has 226 valence electrons. The smallest absolute Gasteiger partial charge is 0.398 e. The molecule has 4 heterocycles. The number of nitrogens with zero attached hydrogens (tertiary/aromatic N) is 5. The second-order valence-electron chi connectivity index (χ2n) is 10.9. The van der Waals surface area contributed by atoms with Gasteiger partial charge in [-0.25, -0.2) is 4.68 Å². The van der Waals surface area contributed by atoms with Crippen molar-refractivity contribution in [1.29, 1.82) is 0 Å². The Labute approximate surface area is 241 Å². The Morgan fingerprint density at radius 2 is 1.77 bits per heavy atom. The van der Waals surface area contributed by atoms with E-state index >= 15 is 0 Å². The summed E-state index contributed by atoms with van der Waals surface area (Å²) in [6.45, 7) is 3.65. The first-order chi connectivity index (χ1) is 20.3. The quantitative estimate of drug-likeness (QED) is 0.331. The highest BCUT2D eigenvalue weighted by atomic mass is 19.4. The molecule has 2 aliphatic heterocycles. The normalized spacial score (nSPS) is 18.7. The van der Waals surface area contributed by atoms with E-state index in [9.17, 15) is 35.9 Å². The zero-order valence-corrected chi connectivity index (χ0v) is 22.7. The first-order valence-electron chi connectivity index (χ1n) is 13.6. The molecule has 8 nitrogen and oxygen atoms in total. The summed E-state index contributed by atoms with van der Waals surface area (Å²) in [7, 11) is 0. The van der Waals surface area contributed by atoms with Crippen LogP contribution < -0.4 is 5.73 Å². The van der Waals surface area contributed by atoms with Crippen LogP contribution in [0, 0.1) is 0 Å². The Balaban J connectivity index is 1.45. The molecule has 0 spiro atoms. The van der Waals surface area contributed by atoms with Crippen molar-refractivity contribution in [2.45, 2.75) is 50.0 Å². The molecule has 14 heteroatoms. The monoisotopic (exact) mass is 604 g/mol. The summed E-state index contributed by atoms with van der Waals surface area (Å²) in [5.41, 5.74) is 5.02. The number of amides is 2. The number of alkyl halides is 6. The predicted octanol–water partition coefficient (Wildman–Crippen LogP) is 5.07. The van der Waals surface area contributed by atoms with Gasteiger partial charge in [0.2, 0.25) is 5.91 Å². The Morgan fingerprint density at radius 1 is 1.02 bits per heavy atom. The maximum Gasteiger partial charge on any atom is 0.433 e. The van der Waals surface area contributed by atoms with E-state index in [1.807, 2.05) is 0 Å². The van der Waals surface area contributed by atoms with E-state index in [0.717, 1.165) is 25.1 Å². The van der Waals surface area contributed by atoms with Crippen molar-refractivity contribution < 1.29 is 35.9 Å². The SMILES string of the molecule is C=CC(=O)N1CCc2nn(-c3ccc(C4CC4)cc3C(F)(F)F)c3c2C(C1)N(C(=O)c1cnc(C(F)(F)F)cc1N)CC3. The number of pyridine rings is 1. The van der Waals surface area contributed by atoms with E-state index in [1.165, 1.54) is 26.6 Å². The van der Waals surface area contributed by atoms with Gasteiger partial charge in [0.25, 0.3) is 5.91 Å². The van der Waals surface area contributed by atoms with Gasteiger partial charge in [0.1, 0.15) is 5.69 Å². The standard InChI is InChI=1S/C29H26F6N6O2/c1-2-25(42)39-9-7-20-26-22(41(38-20)21-6-5-16(15-3-4-15)11-18(21)28(30,31)32)8-10-40(23(26)14-39)27(43)17-13-37-24(12-19(17)36)29(33,34)35/h2,5-6,11-13,15,23H,1,3-4,7-10,14H2,(H2,36,37). The summed E-state index contributed by atoms with van der Waals surface area (Å²) in [5.74, 6) is -1.03. The van der Waals surface area contributed by atoms with Crippen molar-refractivity contribution in [3.63, 3.8) is 0 Å². The molecule has 1 saturated carbocycles. The highest BCUT2D eigenvalue weighted by Crippen LogP contribution is 2.45. The molecule has 2 aromatic heterocycles. The van der Waals surface area contributed by atoms with Gasteiger partial charge in [0.05, 0.1) is 34.2 Å². The number of hydrogen-bond donors (Lipinski definition) is 1.